The van der Waals surface area contributed by atoms with Crippen molar-refractivity contribution < 1.29 is 14.3 Å². The van der Waals surface area contributed by atoms with Gasteiger partial charge in [0, 0.05) is 44.0 Å². The van der Waals surface area contributed by atoms with Crippen LogP contribution in [-0.4, -0.2) is 46.6 Å². The van der Waals surface area contributed by atoms with Crippen molar-refractivity contribution >= 4 is 22.4 Å². The molecule has 0 amide bonds. The van der Waals surface area contributed by atoms with E-state index in [0.29, 0.717) is 6.04 Å². The molecule has 0 unspecified atom stereocenters. The lowest BCUT2D eigenvalue weighted by molar-refractivity contribution is -0.136. The number of nitrogens with zero attached hydrogens (tertiary/aromatic N) is 3. The third-order valence-corrected chi connectivity index (χ3v) is 6.30. The van der Waals surface area contributed by atoms with Crippen molar-refractivity contribution in [1.82, 2.24) is 9.88 Å². The van der Waals surface area contributed by atoms with Gasteiger partial charge in [0.2, 0.25) is 0 Å². The van der Waals surface area contributed by atoms with E-state index in [1.54, 1.807) is 23.9 Å². The summed E-state index contributed by atoms with van der Waals surface area (Å²) in [5, 5.41) is 10.1. The highest BCUT2D eigenvalue weighted by Gasteiger charge is 2.26. The normalized spacial score (nSPS) is 17.6. The van der Waals surface area contributed by atoms with Crippen LogP contribution in [0.3, 0.4) is 0 Å². The molecular formula is C22H25N3O3S. The molecule has 1 N–H and O–H groups in total. The molecule has 29 heavy (non-hydrogen) atoms. The quantitative estimate of drug-likeness (QED) is 0.660. The lowest BCUT2D eigenvalue weighted by atomic mass is 10.0. The van der Waals surface area contributed by atoms with Gasteiger partial charge in [-0.15, -0.1) is 0 Å². The molecule has 1 fully saturated rings. The van der Waals surface area contributed by atoms with Crippen LogP contribution in [0.15, 0.2) is 47.4 Å². The standard InChI is InChI=1S/C22H25N3O3S/c1-15-7-17(10-21(26)27)9-18(8-15)13-24-4-5-25(16(2)12-24)22-23-11-20(29-22)19-3-6-28-14-19/h3,6-9,11,14,16H,4-5,10,12-13H2,1-2H3,(H,26,27)/t16-/m0/s1. The number of thiazole rings is 1. The van der Waals surface area contributed by atoms with Crippen molar-refractivity contribution in [2.45, 2.75) is 32.9 Å². The SMILES string of the molecule is Cc1cc(CC(=O)O)cc(CN2CCN(c3ncc(-c4ccoc4)s3)[C@@H](C)C2)c1. The third-order valence-electron chi connectivity index (χ3n) is 5.21. The Balaban J connectivity index is 1.41. The summed E-state index contributed by atoms with van der Waals surface area (Å²) >= 11 is 1.70. The number of anilines is 1. The van der Waals surface area contributed by atoms with Gasteiger partial charge in [-0.1, -0.05) is 35.1 Å². The molecule has 152 valence electrons. The van der Waals surface area contributed by atoms with Crippen LogP contribution in [-0.2, 0) is 17.8 Å². The van der Waals surface area contributed by atoms with Crippen molar-refractivity contribution in [1.29, 1.82) is 0 Å². The van der Waals surface area contributed by atoms with E-state index in [1.165, 1.54) is 5.56 Å². The van der Waals surface area contributed by atoms with E-state index in [4.69, 9.17) is 9.52 Å². The van der Waals surface area contributed by atoms with Crippen molar-refractivity contribution in [2.24, 2.45) is 0 Å². The first-order chi connectivity index (χ1) is 14.0. The summed E-state index contributed by atoms with van der Waals surface area (Å²) in [6.45, 7) is 7.92. The molecule has 1 saturated heterocycles. The maximum atomic E-state index is 11.0. The Morgan fingerprint density at radius 3 is 2.86 bits per heavy atom. The fraction of sp³-hybridized carbons (Fsp3) is 0.364. The molecule has 1 aromatic carbocycles. The van der Waals surface area contributed by atoms with Crippen LogP contribution in [0, 0.1) is 6.92 Å². The first-order valence-electron chi connectivity index (χ1n) is 9.76. The topological polar surface area (TPSA) is 69.8 Å². The molecule has 0 saturated carbocycles. The van der Waals surface area contributed by atoms with Crippen LogP contribution in [0.25, 0.3) is 10.4 Å². The molecule has 1 atom stereocenters. The minimum atomic E-state index is -0.790. The van der Waals surface area contributed by atoms with Gasteiger partial charge in [0.25, 0.3) is 0 Å². The van der Waals surface area contributed by atoms with E-state index >= 15 is 0 Å². The van der Waals surface area contributed by atoms with E-state index in [-0.39, 0.29) is 6.42 Å². The number of aromatic nitrogens is 1. The van der Waals surface area contributed by atoms with Crippen LogP contribution in [0.5, 0.6) is 0 Å². The Morgan fingerprint density at radius 1 is 1.31 bits per heavy atom. The second-order valence-corrected chi connectivity index (χ2v) is 8.70. The molecule has 1 aliphatic heterocycles. The molecule has 0 bridgehead atoms. The van der Waals surface area contributed by atoms with Crippen molar-refractivity contribution in [2.75, 3.05) is 24.5 Å². The average molecular weight is 412 g/mol. The molecule has 1 aliphatic rings. The van der Waals surface area contributed by atoms with E-state index < -0.39 is 5.97 Å². The lowest BCUT2D eigenvalue weighted by Gasteiger charge is -2.39. The number of hydrogen-bond acceptors (Lipinski definition) is 6. The molecule has 0 radical (unpaired) electrons. The van der Waals surface area contributed by atoms with Gasteiger partial charge in [0.15, 0.2) is 5.13 Å². The van der Waals surface area contributed by atoms with Crippen molar-refractivity contribution in [3.63, 3.8) is 0 Å². The van der Waals surface area contributed by atoms with Crippen LogP contribution in [0.2, 0.25) is 0 Å². The summed E-state index contributed by atoms with van der Waals surface area (Å²) in [6.07, 6.45) is 5.42. The number of aryl methyl sites for hydroxylation is 1. The van der Waals surface area contributed by atoms with Gasteiger partial charge in [-0.3, -0.25) is 9.69 Å². The average Bonchev–Trinajstić information content (AvgIpc) is 3.32. The zero-order valence-electron chi connectivity index (χ0n) is 16.7. The summed E-state index contributed by atoms with van der Waals surface area (Å²) < 4.78 is 5.18. The van der Waals surface area contributed by atoms with Gasteiger partial charge < -0.3 is 14.4 Å². The highest BCUT2D eigenvalue weighted by atomic mass is 32.1. The largest absolute Gasteiger partial charge is 0.481 e. The molecular weight excluding hydrogens is 386 g/mol. The number of rotatable bonds is 6. The summed E-state index contributed by atoms with van der Waals surface area (Å²) in [7, 11) is 0. The minimum Gasteiger partial charge on any atom is -0.481 e. The zero-order chi connectivity index (χ0) is 20.4. The second kappa shape index (κ2) is 8.39. The molecule has 3 heterocycles. The van der Waals surface area contributed by atoms with Crippen LogP contribution in [0.4, 0.5) is 5.13 Å². The van der Waals surface area contributed by atoms with E-state index in [9.17, 15) is 4.79 Å². The first-order valence-corrected chi connectivity index (χ1v) is 10.6. The van der Waals surface area contributed by atoms with Crippen LogP contribution in [0.1, 0.15) is 23.6 Å². The molecule has 3 aromatic rings. The van der Waals surface area contributed by atoms with Gasteiger partial charge in [-0.25, -0.2) is 4.98 Å². The van der Waals surface area contributed by atoms with Gasteiger partial charge in [-0.2, -0.15) is 0 Å². The highest BCUT2D eigenvalue weighted by molar-refractivity contribution is 7.18. The molecule has 4 rings (SSSR count). The van der Waals surface area contributed by atoms with E-state index in [1.807, 2.05) is 31.3 Å². The molecule has 0 spiro atoms. The van der Waals surface area contributed by atoms with Gasteiger partial charge in [0.1, 0.15) is 0 Å². The summed E-state index contributed by atoms with van der Waals surface area (Å²) in [6, 6.07) is 8.45. The first kappa shape index (κ1) is 19.7. The van der Waals surface area contributed by atoms with E-state index in [2.05, 4.69) is 27.8 Å². The molecule has 7 heteroatoms. The fourth-order valence-corrected chi connectivity index (χ4v) is 5.00. The Labute approximate surface area is 174 Å². The summed E-state index contributed by atoms with van der Waals surface area (Å²) in [5.41, 5.74) is 4.23. The van der Waals surface area contributed by atoms with E-state index in [0.717, 1.165) is 52.9 Å². The van der Waals surface area contributed by atoms with Crippen LogP contribution >= 0.6 is 11.3 Å². The molecule has 2 aromatic heterocycles. The number of furan rings is 1. The van der Waals surface area contributed by atoms with Gasteiger partial charge >= 0.3 is 5.97 Å². The second-order valence-electron chi connectivity index (χ2n) is 7.69. The number of piperazine rings is 1. The number of hydrogen-bond donors (Lipinski definition) is 1. The monoisotopic (exact) mass is 411 g/mol. The summed E-state index contributed by atoms with van der Waals surface area (Å²) in [4.78, 5) is 21.6. The Kier molecular flexibility index (Phi) is 5.69. The smallest absolute Gasteiger partial charge is 0.307 e. The molecule has 0 aliphatic carbocycles. The van der Waals surface area contributed by atoms with Crippen LogP contribution < -0.4 is 4.90 Å². The maximum Gasteiger partial charge on any atom is 0.307 e. The number of carboxylic acids is 1. The molecule has 6 nitrogen and oxygen atoms in total. The minimum absolute atomic E-state index is 0.0713. The predicted molar refractivity (Wildman–Crippen MR) is 114 cm³/mol. The fourth-order valence-electron chi connectivity index (χ4n) is 3.97. The predicted octanol–water partition coefficient (Wildman–Crippen LogP) is 4.05. The number of benzene rings is 1. The number of carboxylic acid groups (broad SMARTS) is 1. The zero-order valence-corrected chi connectivity index (χ0v) is 17.5. The Hall–Kier alpha value is -2.64. The van der Waals surface area contributed by atoms with Gasteiger partial charge in [-0.05, 0) is 31.0 Å². The Bertz CT molecular complexity index is 983. The maximum absolute atomic E-state index is 11.0. The van der Waals surface area contributed by atoms with Crippen molar-refractivity contribution in [3.05, 3.63) is 59.7 Å². The lowest BCUT2D eigenvalue weighted by Crippen LogP contribution is -2.51. The summed E-state index contributed by atoms with van der Waals surface area (Å²) in [5.74, 6) is -0.790. The number of aliphatic carboxylic acids is 1. The highest BCUT2D eigenvalue weighted by Crippen LogP contribution is 2.33. The Morgan fingerprint density at radius 2 is 2.14 bits per heavy atom. The van der Waals surface area contributed by atoms with Gasteiger partial charge in [0.05, 0.1) is 23.8 Å². The number of carbonyl (C=O) groups is 1. The third kappa shape index (κ3) is 4.68. The van der Waals surface area contributed by atoms with Crippen molar-refractivity contribution in [3.8, 4) is 10.4 Å².